The van der Waals surface area contributed by atoms with Crippen molar-refractivity contribution in [3.8, 4) is 0 Å². The minimum Gasteiger partial charge on any atom is -0.368 e. The highest BCUT2D eigenvalue weighted by molar-refractivity contribution is 5.86. The SMILES string of the molecule is COC1(C(=O)NCCCn2ccc3ccccc32)CCNCC1.Cl.Cl. The molecule has 2 aromatic rings. The third-order valence-corrected chi connectivity index (χ3v) is 4.76. The number of carbonyl (C=O) groups is 1. The van der Waals surface area contributed by atoms with Crippen molar-refractivity contribution in [2.45, 2.75) is 31.4 Å². The van der Waals surface area contributed by atoms with E-state index in [4.69, 9.17) is 4.74 Å². The number of nitrogens with zero attached hydrogens (tertiary/aromatic N) is 1. The van der Waals surface area contributed by atoms with Gasteiger partial charge in [0.25, 0.3) is 5.91 Å². The maximum absolute atomic E-state index is 12.5. The van der Waals surface area contributed by atoms with Crippen LogP contribution in [-0.4, -0.2) is 42.8 Å². The van der Waals surface area contributed by atoms with Crippen molar-refractivity contribution in [2.75, 3.05) is 26.7 Å². The summed E-state index contributed by atoms with van der Waals surface area (Å²) in [5.41, 5.74) is 0.594. The van der Waals surface area contributed by atoms with Gasteiger partial charge in [-0.25, -0.2) is 0 Å². The molecule has 0 radical (unpaired) electrons. The first kappa shape index (κ1) is 21.8. The van der Waals surface area contributed by atoms with Crippen LogP contribution < -0.4 is 10.6 Å². The van der Waals surface area contributed by atoms with E-state index in [0.717, 1.165) is 38.9 Å². The molecule has 1 fully saturated rings. The molecule has 1 aromatic carbocycles. The van der Waals surface area contributed by atoms with Gasteiger partial charge in [0.15, 0.2) is 0 Å². The Hall–Kier alpha value is -1.27. The summed E-state index contributed by atoms with van der Waals surface area (Å²) >= 11 is 0. The number of rotatable bonds is 6. The number of aromatic nitrogens is 1. The lowest BCUT2D eigenvalue weighted by Crippen LogP contribution is -2.54. The molecule has 140 valence electrons. The Morgan fingerprint density at radius 2 is 1.96 bits per heavy atom. The second kappa shape index (κ2) is 10.0. The van der Waals surface area contributed by atoms with E-state index in [1.165, 1.54) is 10.9 Å². The molecule has 1 aliphatic rings. The molecule has 1 aromatic heterocycles. The van der Waals surface area contributed by atoms with E-state index in [2.05, 4.69) is 51.7 Å². The molecule has 1 aliphatic heterocycles. The summed E-state index contributed by atoms with van der Waals surface area (Å²) in [6.07, 6.45) is 4.48. The number of nitrogens with one attached hydrogen (secondary N) is 2. The lowest BCUT2D eigenvalue weighted by atomic mass is 9.91. The maximum Gasteiger partial charge on any atom is 0.252 e. The standard InChI is InChI=1S/C18H25N3O2.2ClH/c1-23-18(8-11-19-12-9-18)17(22)20-10-4-13-21-14-7-15-5-2-3-6-16(15)21;;/h2-3,5-7,14,19H,4,8-13H2,1H3,(H,20,22);2*1H. The number of ether oxygens (including phenoxy) is 1. The van der Waals surface area contributed by atoms with Crippen molar-refractivity contribution >= 4 is 41.6 Å². The van der Waals surface area contributed by atoms with E-state index in [0.29, 0.717) is 6.54 Å². The topological polar surface area (TPSA) is 55.3 Å². The molecule has 0 saturated carbocycles. The molecule has 0 bridgehead atoms. The molecule has 3 rings (SSSR count). The molecule has 25 heavy (non-hydrogen) atoms. The summed E-state index contributed by atoms with van der Waals surface area (Å²) in [7, 11) is 1.64. The van der Waals surface area contributed by atoms with Crippen LogP contribution in [-0.2, 0) is 16.1 Å². The summed E-state index contributed by atoms with van der Waals surface area (Å²) < 4.78 is 7.78. The Labute approximate surface area is 161 Å². The zero-order valence-electron chi connectivity index (χ0n) is 14.5. The van der Waals surface area contributed by atoms with Crippen molar-refractivity contribution in [1.82, 2.24) is 15.2 Å². The van der Waals surface area contributed by atoms with E-state index in [-0.39, 0.29) is 30.7 Å². The van der Waals surface area contributed by atoms with Gasteiger partial charge in [0.2, 0.25) is 0 Å². The number of para-hydroxylation sites is 1. The fraction of sp³-hybridized carbons (Fsp3) is 0.500. The van der Waals surface area contributed by atoms with Gasteiger partial charge in [0.05, 0.1) is 0 Å². The molecular weight excluding hydrogens is 361 g/mol. The minimum absolute atomic E-state index is 0. The highest BCUT2D eigenvalue weighted by Gasteiger charge is 2.39. The Kier molecular flexibility index (Phi) is 8.73. The smallest absolute Gasteiger partial charge is 0.252 e. The summed E-state index contributed by atoms with van der Waals surface area (Å²) in [5, 5.41) is 7.57. The molecule has 0 unspecified atom stereocenters. The quantitative estimate of drug-likeness (QED) is 0.749. The van der Waals surface area contributed by atoms with E-state index in [1.54, 1.807) is 7.11 Å². The number of carbonyl (C=O) groups excluding carboxylic acids is 1. The summed E-state index contributed by atoms with van der Waals surface area (Å²) in [6.45, 7) is 3.23. The first-order chi connectivity index (χ1) is 11.2. The van der Waals surface area contributed by atoms with Crippen LogP contribution in [0.25, 0.3) is 10.9 Å². The van der Waals surface area contributed by atoms with E-state index in [1.807, 2.05) is 0 Å². The second-order valence-corrected chi connectivity index (χ2v) is 6.13. The number of halogens is 2. The second-order valence-electron chi connectivity index (χ2n) is 6.13. The molecule has 2 heterocycles. The van der Waals surface area contributed by atoms with Crippen molar-refractivity contribution in [1.29, 1.82) is 0 Å². The zero-order valence-corrected chi connectivity index (χ0v) is 16.1. The monoisotopic (exact) mass is 387 g/mol. The fourth-order valence-corrected chi connectivity index (χ4v) is 3.30. The fourth-order valence-electron chi connectivity index (χ4n) is 3.30. The van der Waals surface area contributed by atoms with Gasteiger partial charge in [-0.3, -0.25) is 4.79 Å². The lowest BCUT2D eigenvalue weighted by Gasteiger charge is -2.34. The molecule has 2 N–H and O–H groups in total. The Morgan fingerprint density at radius 1 is 1.24 bits per heavy atom. The molecule has 0 aliphatic carbocycles. The van der Waals surface area contributed by atoms with Gasteiger partial charge in [0, 0.05) is 31.9 Å². The number of aryl methyl sites for hydroxylation is 1. The van der Waals surface area contributed by atoms with Crippen LogP contribution in [0.15, 0.2) is 36.5 Å². The van der Waals surface area contributed by atoms with Gasteiger partial charge < -0.3 is 19.9 Å². The third-order valence-electron chi connectivity index (χ3n) is 4.76. The normalized spacial score (nSPS) is 15.9. The molecule has 1 amide bonds. The van der Waals surface area contributed by atoms with Gasteiger partial charge in [-0.05, 0) is 49.9 Å². The molecule has 1 saturated heterocycles. The average Bonchev–Trinajstić information content (AvgIpc) is 3.02. The van der Waals surface area contributed by atoms with Crippen molar-refractivity contribution in [3.63, 3.8) is 0 Å². The van der Waals surface area contributed by atoms with E-state index in [9.17, 15) is 4.79 Å². The highest BCUT2D eigenvalue weighted by Crippen LogP contribution is 2.22. The van der Waals surface area contributed by atoms with Crippen molar-refractivity contribution in [3.05, 3.63) is 36.5 Å². The number of amides is 1. The van der Waals surface area contributed by atoms with Crippen LogP contribution in [0, 0.1) is 0 Å². The maximum atomic E-state index is 12.5. The number of methoxy groups -OCH3 is 1. The average molecular weight is 388 g/mol. The number of benzene rings is 1. The first-order valence-corrected chi connectivity index (χ1v) is 8.33. The summed E-state index contributed by atoms with van der Waals surface area (Å²) in [6, 6.07) is 10.5. The lowest BCUT2D eigenvalue weighted by molar-refractivity contribution is -0.146. The Bertz CT molecular complexity index is 669. The zero-order chi connectivity index (χ0) is 16.1. The molecular formula is C18H27Cl2N3O2. The molecule has 0 atom stereocenters. The van der Waals surface area contributed by atoms with Crippen molar-refractivity contribution < 1.29 is 9.53 Å². The minimum atomic E-state index is -0.647. The Balaban J connectivity index is 0.00000156. The number of fused-ring (bicyclic) bond motifs is 1. The summed E-state index contributed by atoms with van der Waals surface area (Å²) in [4.78, 5) is 12.5. The van der Waals surface area contributed by atoms with Gasteiger partial charge in [-0.2, -0.15) is 0 Å². The first-order valence-electron chi connectivity index (χ1n) is 8.33. The van der Waals surface area contributed by atoms with E-state index < -0.39 is 5.60 Å². The molecule has 5 nitrogen and oxygen atoms in total. The molecule has 7 heteroatoms. The number of piperidine rings is 1. The van der Waals surface area contributed by atoms with Crippen molar-refractivity contribution in [2.24, 2.45) is 0 Å². The van der Waals surface area contributed by atoms with Gasteiger partial charge in [-0.1, -0.05) is 18.2 Å². The third kappa shape index (κ3) is 4.88. The summed E-state index contributed by atoms with van der Waals surface area (Å²) in [5.74, 6) is 0.0267. The van der Waals surface area contributed by atoms with Gasteiger partial charge in [0.1, 0.15) is 5.60 Å². The predicted molar refractivity (Wildman–Crippen MR) is 106 cm³/mol. The highest BCUT2D eigenvalue weighted by atomic mass is 35.5. The van der Waals surface area contributed by atoms with Gasteiger partial charge in [-0.15, -0.1) is 24.8 Å². The predicted octanol–water partition coefficient (Wildman–Crippen LogP) is 2.76. The van der Waals surface area contributed by atoms with Crippen LogP contribution >= 0.6 is 24.8 Å². The number of hydrogen-bond acceptors (Lipinski definition) is 3. The van der Waals surface area contributed by atoms with E-state index >= 15 is 0 Å². The van der Waals surface area contributed by atoms with Crippen LogP contribution in [0.2, 0.25) is 0 Å². The van der Waals surface area contributed by atoms with Crippen LogP contribution in [0.4, 0.5) is 0 Å². The Morgan fingerprint density at radius 3 is 2.68 bits per heavy atom. The number of hydrogen-bond donors (Lipinski definition) is 2. The largest absolute Gasteiger partial charge is 0.368 e. The van der Waals surface area contributed by atoms with Crippen LogP contribution in [0.1, 0.15) is 19.3 Å². The van der Waals surface area contributed by atoms with Crippen LogP contribution in [0.3, 0.4) is 0 Å². The molecule has 0 spiro atoms. The van der Waals surface area contributed by atoms with Crippen LogP contribution in [0.5, 0.6) is 0 Å². The van der Waals surface area contributed by atoms with Gasteiger partial charge >= 0.3 is 0 Å².